The molecule has 4 N–H and O–H groups in total. The van der Waals surface area contributed by atoms with Gasteiger partial charge in [0.1, 0.15) is 11.6 Å². The first-order chi connectivity index (χ1) is 10.6. The van der Waals surface area contributed by atoms with E-state index in [0.29, 0.717) is 11.9 Å². The molecule has 0 spiro atoms. The lowest BCUT2D eigenvalue weighted by molar-refractivity contribution is 0.302. The largest absolute Gasteiger partial charge is 0.506 e. The molecule has 1 saturated carbocycles. The van der Waals surface area contributed by atoms with Gasteiger partial charge >= 0.3 is 0 Å². The van der Waals surface area contributed by atoms with Crippen LogP contribution in [-0.4, -0.2) is 35.4 Å². The number of aliphatic hydroxyl groups is 1. The summed E-state index contributed by atoms with van der Waals surface area (Å²) in [6, 6.07) is 4.00. The fraction of sp³-hybridized carbons (Fsp3) is 0.562. The Morgan fingerprint density at radius 3 is 2.86 bits per heavy atom. The molecule has 1 aromatic rings. The summed E-state index contributed by atoms with van der Waals surface area (Å²) in [5.74, 6) is 0.495. The molecule has 2 unspecified atom stereocenters. The molecule has 0 saturated heterocycles. The molecular weight excluding hydrogens is 285 g/mol. The normalized spacial score (nSPS) is 22.4. The minimum Gasteiger partial charge on any atom is -0.506 e. The first-order valence-corrected chi connectivity index (χ1v) is 7.77. The van der Waals surface area contributed by atoms with Gasteiger partial charge in [-0.05, 0) is 30.9 Å². The molecule has 1 aromatic carbocycles. The highest BCUT2D eigenvalue weighted by Crippen LogP contribution is 2.25. The fourth-order valence-electron chi connectivity index (χ4n) is 2.73. The molecule has 6 heteroatoms. The summed E-state index contributed by atoms with van der Waals surface area (Å²) < 4.78 is 13.3. The zero-order chi connectivity index (χ0) is 15.9. The standard InChI is InChI=1S/C16H24FN3O2/c1-11-4-2-3-5-13(11)19-16(18-8-9-21)20-14-10-12(17)6-7-15(14)22/h6-7,10-11,13,21-22H,2-5,8-9H2,1H3,(H2,18,19,20). The number of phenols is 1. The van der Waals surface area contributed by atoms with Gasteiger partial charge in [-0.1, -0.05) is 19.8 Å². The van der Waals surface area contributed by atoms with Gasteiger partial charge < -0.3 is 20.8 Å². The van der Waals surface area contributed by atoms with E-state index in [1.54, 1.807) is 0 Å². The van der Waals surface area contributed by atoms with Crippen LogP contribution in [0.15, 0.2) is 23.2 Å². The second-order valence-electron chi connectivity index (χ2n) is 5.75. The Balaban J connectivity index is 2.10. The van der Waals surface area contributed by atoms with Crippen LogP contribution >= 0.6 is 0 Å². The van der Waals surface area contributed by atoms with E-state index in [-0.39, 0.29) is 30.6 Å². The van der Waals surface area contributed by atoms with Crippen LogP contribution in [0.5, 0.6) is 5.75 Å². The minimum atomic E-state index is -0.437. The van der Waals surface area contributed by atoms with E-state index in [1.165, 1.54) is 31.0 Å². The lowest BCUT2D eigenvalue weighted by atomic mass is 9.86. The van der Waals surface area contributed by atoms with Crippen LogP contribution < -0.4 is 10.6 Å². The highest BCUT2D eigenvalue weighted by atomic mass is 19.1. The van der Waals surface area contributed by atoms with E-state index in [9.17, 15) is 9.50 Å². The number of benzene rings is 1. The van der Waals surface area contributed by atoms with Crippen molar-refractivity contribution in [2.45, 2.75) is 38.6 Å². The highest BCUT2D eigenvalue weighted by Gasteiger charge is 2.22. The van der Waals surface area contributed by atoms with Gasteiger partial charge in [-0.3, -0.25) is 4.99 Å². The van der Waals surface area contributed by atoms with Crippen molar-refractivity contribution in [2.24, 2.45) is 10.9 Å². The van der Waals surface area contributed by atoms with Crippen molar-refractivity contribution in [1.82, 2.24) is 5.32 Å². The van der Waals surface area contributed by atoms with E-state index in [0.717, 1.165) is 12.8 Å². The Bertz CT molecular complexity index is 522. The number of halogens is 1. The molecule has 0 amide bonds. The number of phenolic OH excluding ortho intramolecular Hbond substituents is 1. The number of aliphatic imine (C=N–C) groups is 1. The highest BCUT2D eigenvalue weighted by molar-refractivity contribution is 5.95. The van der Waals surface area contributed by atoms with Crippen LogP contribution in [0.3, 0.4) is 0 Å². The quantitative estimate of drug-likeness (QED) is 0.391. The van der Waals surface area contributed by atoms with E-state index in [1.807, 2.05) is 0 Å². The molecule has 22 heavy (non-hydrogen) atoms. The van der Waals surface area contributed by atoms with Crippen molar-refractivity contribution in [3.8, 4) is 5.75 Å². The number of nitrogens with one attached hydrogen (secondary N) is 2. The van der Waals surface area contributed by atoms with Crippen molar-refractivity contribution < 1.29 is 14.6 Å². The van der Waals surface area contributed by atoms with Crippen LogP contribution in [0.4, 0.5) is 10.1 Å². The summed E-state index contributed by atoms with van der Waals surface area (Å²) in [6.07, 6.45) is 4.62. The third-order valence-electron chi connectivity index (χ3n) is 4.02. The van der Waals surface area contributed by atoms with Crippen LogP contribution in [0.25, 0.3) is 0 Å². The lowest BCUT2D eigenvalue weighted by Gasteiger charge is -2.31. The number of aliphatic hydroxyl groups excluding tert-OH is 1. The van der Waals surface area contributed by atoms with Crippen LogP contribution in [0, 0.1) is 11.7 Å². The van der Waals surface area contributed by atoms with E-state index >= 15 is 0 Å². The van der Waals surface area contributed by atoms with Crippen molar-refractivity contribution in [2.75, 3.05) is 18.5 Å². The van der Waals surface area contributed by atoms with Crippen LogP contribution in [0.1, 0.15) is 32.6 Å². The Morgan fingerprint density at radius 1 is 1.36 bits per heavy atom. The van der Waals surface area contributed by atoms with Crippen LogP contribution in [0.2, 0.25) is 0 Å². The Labute approximate surface area is 130 Å². The SMILES string of the molecule is CC1CCCCC1NC(=NCCO)Nc1cc(F)ccc1O. The molecular formula is C16H24FN3O2. The predicted molar refractivity (Wildman–Crippen MR) is 85.6 cm³/mol. The third-order valence-corrected chi connectivity index (χ3v) is 4.02. The van der Waals surface area contributed by atoms with E-state index < -0.39 is 5.82 Å². The maximum absolute atomic E-state index is 13.3. The topological polar surface area (TPSA) is 76.9 Å². The molecule has 1 aliphatic carbocycles. The zero-order valence-corrected chi connectivity index (χ0v) is 12.8. The van der Waals surface area contributed by atoms with E-state index in [2.05, 4.69) is 22.5 Å². The second-order valence-corrected chi connectivity index (χ2v) is 5.75. The number of aromatic hydroxyl groups is 1. The molecule has 0 radical (unpaired) electrons. The zero-order valence-electron chi connectivity index (χ0n) is 12.8. The number of nitrogens with zero attached hydrogens (tertiary/aromatic N) is 1. The summed E-state index contributed by atoms with van der Waals surface area (Å²) in [6.45, 7) is 2.37. The smallest absolute Gasteiger partial charge is 0.196 e. The Kier molecular flexibility index (Phi) is 6.00. The van der Waals surface area contributed by atoms with Gasteiger partial charge in [-0.25, -0.2) is 4.39 Å². The van der Waals surface area contributed by atoms with Gasteiger partial charge in [0.2, 0.25) is 0 Å². The number of anilines is 1. The molecule has 1 fully saturated rings. The maximum Gasteiger partial charge on any atom is 0.196 e. The van der Waals surface area contributed by atoms with Crippen molar-refractivity contribution in [3.63, 3.8) is 0 Å². The second kappa shape index (κ2) is 7.98. The fourth-order valence-corrected chi connectivity index (χ4v) is 2.73. The molecule has 0 aliphatic heterocycles. The van der Waals surface area contributed by atoms with Gasteiger partial charge in [-0.2, -0.15) is 0 Å². The maximum atomic E-state index is 13.3. The number of hydrogen-bond acceptors (Lipinski definition) is 3. The Hall–Kier alpha value is -1.82. The lowest BCUT2D eigenvalue weighted by Crippen LogP contribution is -2.44. The predicted octanol–water partition coefficient (Wildman–Crippen LogP) is 2.46. The van der Waals surface area contributed by atoms with Crippen molar-refractivity contribution >= 4 is 11.6 Å². The van der Waals surface area contributed by atoms with Crippen molar-refractivity contribution in [3.05, 3.63) is 24.0 Å². The molecule has 5 nitrogen and oxygen atoms in total. The molecule has 0 heterocycles. The summed E-state index contributed by atoms with van der Waals surface area (Å²) >= 11 is 0. The number of hydrogen-bond donors (Lipinski definition) is 4. The average molecular weight is 309 g/mol. The molecule has 2 rings (SSSR count). The monoisotopic (exact) mass is 309 g/mol. The molecule has 1 aliphatic rings. The first-order valence-electron chi connectivity index (χ1n) is 7.77. The average Bonchev–Trinajstić information content (AvgIpc) is 2.50. The summed E-state index contributed by atoms with van der Waals surface area (Å²) in [7, 11) is 0. The van der Waals surface area contributed by atoms with Crippen LogP contribution in [-0.2, 0) is 0 Å². The van der Waals surface area contributed by atoms with Gasteiger partial charge in [0.15, 0.2) is 5.96 Å². The van der Waals surface area contributed by atoms with E-state index in [4.69, 9.17) is 5.11 Å². The molecule has 0 aromatic heterocycles. The summed E-state index contributed by atoms with van der Waals surface area (Å²) in [4.78, 5) is 4.25. The van der Waals surface area contributed by atoms with Gasteiger partial charge in [0.05, 0.1) is 18.8 Å². The van der Waals surface area contributed by atoms with Gasteiger partial charge in [-0.15, -0.1) is 0 Å². The number of rotatable bonds is 4. The molecule has 2 atom stereocenters. The Morgan fingerprint density at radius 2 is 2.14 bits per heavy atom. The first kappa shape index (κ1) is 16.5. The summed E-state index contributed by atoms with van der Waals surface area (Å²) in [5, 5.41) is 25.0. The summed E-state index contributed by atoms with van der Waals surface area (Å²) in [5.41, 5.74) is 0.257. The number of guanidine groups is 1. The van der Waals surface area contributed by atoms with Gasteiger partial charge in [0, 0.05) is 12.1 Å². The molecule has 122 valence electrons. The minimum absolute atomic E-state index is 0.0448. The van der Waals surface area contributed by atoms with Crippen molar-refractivity contribution in [1.29, 1.82) is 0 Å². The third kappa shape index (κ3) is 4.59. The molecule has 0 bridgehead atoms. The van der Waals surface area contributed by atoms with Gasteiger partial charge in [0.25, 0.3) is 0 Å².